The summed E-state index contributed by atoms with van der Waals surface area (Å²) in [4.78, 5) is 24.1. The van der Waals surface area contributed by atoms with Crippen molar-refractivity contribution in [2.75, 3.05) is 25.0 Å². The number of halogens is 2. The highest BCUT2D eigenvalue weighted by molar-refractivity contribution is 6.35. The minimum Gasteiger partial charge on any atom is -0.480 e. The van der Waals surface area contributed by atoms with Crippen molar-refractivity contribution in [3.8, 4) is 0 Å². The van der Waals surface area contributed by atoms with Gasteiger partial charge in [-0.25, -0.2) is 0 Å². The maximum atomic E-state index is 11.8. The van der Waals surface area contributed by atoms with Gasteiger partial charge in [0.25, 0.3) is 0 Å². The molecule has 0 aromatic heterocycles. The molecule has 0 aliphatic rings. The van der Waals surface area contributed by atoms with Crippen LogP contribution in [-0.4, -0.2) is 41.5 Å². The van der Waals surface area contributed by atoms with Crippen LogP contribution in [0.1, 0.15) is 13.3 Å². The van der Waals surface area contributed by atoms with E-state index in [2.05, 4.69) is 5.32 Å². The highest BCUT2D eigenvalue weighted by atomic mass is 35.5. The number of likely N-dealkylation sites (N-methyl/N-ethyl adjacent to an activating group) is 1. The number of carboxylic acids is 1. The second-order valence-electron chi connectivity index (χ2n) is 4.18. The Morgan fingerprint density at radius 2 is 2.05 bits per heavy atom. The number of amides is 1. The molecule has 0 saturated carbocycles. The van der Waals surface area contributed by atoms with Crippen LogP contribution in [0.3, 0.4) is 0 Å². The average molecular weight is 319 g/mol. The van der Waals surface area contributed by atoms with Gasteiger partial charge in [-0.05, 0) is 24.7 Å². The Bertz CT molecular complexity index is 495. The molecular weight excluding hydrogens is 303 g/mol. The molecule has 0 radical (unpaired) electrons. The standard InChI is InChI=1S/C13H16Cl2N2O3/c1-2-17(8-13(19)20)6-5-12(18)16-11-7-9(14)3-4-10(11)15/h3-4,7H,2,5-6,8H2,1H3,(H,16,18)(H,19,20). The van der Waals surface area contributed by atoms with Crippen LogP contribution in [-0.2, 0) is 9.59 Å². The lowest BCUT2D eigenvalue weighted by Crippen LogP contribution is -2.32. The van der Waals surface area contributed by atoms with Gasteiger partial charge in [0.2, 0.25) is 5.91 Å². The Kier molecular flexibility index (Phi) is 6.78. The Balaban J connectivity index is 2.51. The van der Waals surface area contributed by atoms with Crippen LogP contribution in [0.5, 0.6) is 0 Å². The molecule has 0 bridgehead atoms. The zero-order chi connectivity index (χ0) is 15.1. The molecule has 1 amide bonds. The number of carbonyl (C=O) groups is 2. The molecule has 0 atom stereocenters. The van der Waals surface area contributed by atoms with Gasteiger partial charge in [0, 0.05) is 18.0 Å². The second kappa shape index (κ2) is 8.09. The number of hydrogen-bond donors (Lipinski definition) is 2. The molecule has 0 heterocycles. The number of carbonyl (C=O) groups excluding carboxylic acids is 1. The van der Waals surface area contributed by atoms with Gasteiger partial charge in [0.15, 0.2) is 0 Å². The third kappa shape index (κ3) is 5.77. The summed E-state index contributed by atoms with van der Waals surface area (Å²) in [6.45, 7) is 2.70. The van der Waals surface area contributed by atoms with Crippen LogP contribution in [0, 0.1) is 0 Å². The molecule has 0 aliphatic heterocycles. The lowest BCUT2D eigenvalue weighted by atomic mass is 10.3. The van der Waals surface area contributed by atoms with Crippen LogP contribution >= 0.6 is 23.2 Å². The highest BCUT2D eigenvalue weighted by Crippen LogP contribution is 2.25. The van der Waals surface area contributed by atoms with Crippen LogP contribution < -0.4 is 5.32 Å². The predicted molar refractivity (Wildman–Crippen MR) is 79.5 cm³/mol. The van der Waals surface area contributed by atoms with Gasteiger partial charge in [-0.3, -0.25) is 14.5 Å². The number of nitrogens with zero attached hydrogens (tertiary/aromatic N) is 1. The molecule has 0 fully saturated rings. The molecule has 5 nitrogen and oxygen atoms in total. The van der Waals surface area contributed by atoms with E-state index in [1.807, 2.05) is 6.92 Å². The lowest BCUT2D eigenvalue weighted by molar-refractivity contribution is -0.138. The fraction of sp³-hybridized carbons (Fsp3) is 0.385. The van der Waals surface area contributed by atoms with E-state index < -0.39 is 5.97 Å². The molecule has 110 valence electrons. The topological polar surface area (TPSA) is 69.6 Å². The Labute approximate surface area is 127 Å². The number of anilines is 1. The monoisotopic (exact) mass is 318 g/mol. The number of hydrogen-bond acceptors (Lipinski definition) is 3. The quantitative estimate of drug-likeness (QED) is 0.811. The Morgan fingerprint density at radius 1 is 1.35 bits per heavy atom. The molecule has 1 rings (SSSR count). The summed E-state index contributed by atoms with van der Waals surface area (Å²) in [6, 6.07) is 4.80. The van der Waals surface area contributed by atoms with Crippen molar-refractivity contribution >= 4 is 40.8 Å². The third-order valence-corrected chi connectivity index (χ3v) is 3.23. The van der Waals surface area contributed by atoms with Crippen LogP contribution in [0.2, 0.25) is 10.0 Å². The molecule has 0 saturated heterocycles. The fourth-order valence-corrected chi connectivity index (χ4v) is 1.94. The maximum Gasteiger partial charge on any atom is 0.317 e. The zero-order valence-electron chi connectivity index (χ0n) is 11.0. The number of nitrogens with one attached hydrogen (secondary N) is 1. The largest absolute Gasteiger partial charge is 0.480 e. The Morgan fingerprint density at radius 3 is 2.65 bits per heavy atom. The van der Waals surface area contributed by atoms with Gasteiger partial charge in [-0.15, -0.1) is 0 Å². The maximum absolute atomic E-state index is 11.8. The van der Waals surface area contributed by atoms with E-state index in [1.54, 1.807) is 23.1 Å². The van der Waals surface area contributed by atoms with Crippen LogP contribution in [0.15, 0.2) is 18.2 Å². The van der Waals surface area contributed by atoms with Gasteiger partial charge >= 0.3 is 5.97 Å². The minimum atomic E-state index is -0.912. The predicted octanol–water partition coefficient (Wildman–Crippen LogP) is 2.73. The van der Waals surface area contributed by atoms with Crippen LogP contribution in [0.4, 0.5) is 5.69 Å². The summed E-state index contributed by atoms with van der Waals surface area (Å²) < 4.78 is 0. The van der Waals surface area contributed by atoms with E-state index in [-0.39, 0.29) is 18.9 Å². The normalized spacial score (nSPS) is 10.6. The van der Waals surface area contributed by atoms with Gasteiger partial charge in [0.1, 0.15) is 0 Å². The molecule has 1 aromatic carbocycles. The molecule has 7 heteroatoms. The number of carboxylic acid groups (broad SMARTS) is 1. The van der Waals surface area contributed by atoms with Crippen molar-refractivity contribution in [3.05, 3.63) is 28.2 Å². The molecule has 0 unspecified atom stereocenters. The van der Waals surface area contributed by atoms with E-state index in [0.717, 1.165) is 0 Å². The van der Waals surface area contributed by atoms with Gasteiger partial charge in [-0.2, -0.15) is 0 Å². The summed E-state index contributed by atoms with van der Waals surface area (Å²) in [5, 5.41) is 12.2. The molecule has 2 N–H and O–H groups in total. The first-order valence-corrected chi connectivity index (χ1v) is 6.87. The SMILES string of the molecule is CCN(CCC(=O)Nc1cc(Cl)ccc1Cl)CC(=O)O. The number of benzene rings is 1. The van der Waals surface area contributed by atoms with E-state index in [0.29, 0.717) is 28.8 Å². The lowest BCUT2D eigenvalue weighted by Gasteiger charge is -2.17. The summed E-state index contributed by atoms with van der Waals surface area (Å²) >= 11 is 11.8. The smallest absolute Gasteiger partial charge is 0.317 e. The van der Waals surface area contributed by atoms with Crippen molar-refractivity contribution in [1.29, 1.82) is 0 Å². The van der Waals surface area contributed by atoms with Crippen molar-refractivity contribution < 1.29 is 14.7 Å². The minimum absolute atomic E-state index is 0.0816. The average Bonchev–Trinajstić information content (AvgIpc) is 2.38. The number of rotatable bonds is 7. The van der Waals surface area contributed by atoms with Crippen molar-refractivity contribution in [2.24, 2.45) is 0 Å². The van der Waals surface area contributed by atoms with E-state index in [9.17, 15) is 9.59 Å². The second-order valence-corrected chi connectivity index (χ2v) is 5.03. The number of aliphatic carboxylic acids is 1. The van der Waals surface area contributed by atoms with E-state index >= 15 is 0 Å². The summed E-state index contributed by atoms with van der Waals surface area (Å²) in [5.74, 6) is -1.15. The third-order valence-electron chi connectivity index (χ3n) is 2.66. The van der Waals surface area contributed by atoms with Crippen molar-refractivity contribution in [2.45, 2.75) is 13.3 Å². The summed E-state index contributed by atoms with van der Waals surface area (Å²) in [5.41, 5.74) is 0.449. The van der Waals surface area contributed by atoms with Gasteiger partial charge < -0.3 is 10.4 Å². The molecule has 0 aliphatic carbocycles. The summed E-state index contributed by atoms with van der Waals surface area (Å²) in [7, 11) is 0. The van der Waals surface area contributed by atoms with Gasteiger partial charge in [-0.1, -0.05) is 30.1 Å². The van der Waals surface area contributed by atoms with E-state index in [1.165, 1.54) is 0 Å². The molecule has 0 spiro atoms. The zero-order valence-corrected chi connectivity index (χ0v) is 12.5. The molecule has 1 aromatic rings. The first-order chi connectivity index (χ1) is 9.42. The fourth-order valence-electron chi connectivity index (χ4n) is 1.61. The summed E-state index contributed by atoms with van der Waals surface area (Å²) in [6.07, 6.45) is 0.184. The van der Waals surface area contributed by atoms with Crippen molar-refractivity contribution in [3.63, 3.8) is 0 Å². The van der Waals surface area contributed by atoms with E-state index in [4.69, 9.17) is 28.3 Å². The first-order valence-electron chi connectivity index (χ1n) is 6.11. The van der Waals surface area contributed by atoms with Crippen LogP contribution in [0.25, 0.3) is 0 Å². The first kappa shape index (κ1) is 16.8. The van der Waals surface area contributed by atoms with Gasteiger partial charge in [0.05, 0.1) is 17.3 Å². The molecule has 20 heavy (non-hydrogen) atoms. The molecular formula is C13H16Cl2N2O3. The Hall–Kier alpha value is -1.30. The highest BCUT2D eigenvalue weighted by Gasteiger charge is 2.11. The van der Waals surface area contributed by atoms with Crippen molar-refractivity contribution in [1.82, 2.24) is 4.90 Å².